The molecule has 0 N–H and O–H groups in total. The summed E-state index contributed by atoms with van der Waals surface area (Å²) in [7, 11) is 1.38. The van der Waals surface area contributed by atoms with E-state index in [2.05, 4.69) is 4.98 Å². The van der Waals surface area contributed by atoms with Crippen LogP contribution in [-0.4, -0.2) is 18.1 Å². The first-order valence-electron chi connectivity index (χ1n) is 6.42. The lowest BCUT2D eigenvalue weighted by molar-refractivity contribution is 0.0597. The van der Waals surface area contributed by atoms with Crippen molar-refractivity contribution in [1.29, 1.82) is 0 Å². The number of oxazole rings is 1. The summed E-state index contributed by atoms with van der Waals surface area (Å²) >= 11 is 1.50. The molecule has 0 radical (unpaired) electrons. The van der Waals surface area contributed by atoms with E-state index in [1.807, 2.05) is 42.5 Å². The summed E-state index contributed by atoms with van der Waals surface area (Å²) in [6.07, 6.45) is 0. The number of fused-ring (bicyclic) bond motifs is 1. The molecule has 0 spiro atoms. The average Bonchev–Trinajstić information content (AvgIpc) is 2.95. The molecule has 21 heavy (non-hydrogen) atoms. The second-order valence-corrected chi connectivity index (χ2v) is 5.37. The van der Waals surface area contributed by atoms with Gasteiger partial charge < -0.3 is 9.15 Å². The predicted octanol–water partition coefficient (Wildman–Crippen LogP) is 3.91. The minimum absolute atomic E-state index is 0.337. The molecule has 0 amide bonds. The number of esters is 1. The third kappa shape index (κ3) is 2.92. The lowest BCUT2D eigenvalue weighted by atomic mass is 10.2. The smallest absolute Gasteiger partial charge is 0.338 e. The number of hydrogen-bond acceptors (Lipinski definition) is 5. The van der Waals surface area contributed by atoms with Crippen molar-refractivity contribution < 1.29 is 13.9 Å². The van der Waals surface area contributed by atoms with Crippen LogP contribution in [0.4, 0.5) is 0 Å². The number of aromatic nitrogens is 1. The molecule has 1 aromatic heterocycles. The van der Waals surface area contributed by atoms with Crippen LogP contribution in [0.25, 0.3) is 11.1 Å². The minimum atomic E-state index is -0.337. The Morgan fingerprint density at radius 2 is 1.95 bits per heavy atom. The summed E-state index contributed by atoms with van der Waals surface area (Å²) in [6, 6.07) is 15.0. The van der Waals surface area contributed by atoms with E-state index in [1.54, 1.807) is 6.07 Å². The summed E-state index contributed by atoms with van der Waals surface area (Å²) < 4.78 is 10.5. The van der Waals surface area contributed by atoms with Gasteiger partial charge in [0.15, 0.2) is 5.58 Å². The van der Waals surface area contributed by atoms with E-state index in [9.17, 15) is 4.79 Å². The van der Waals surface area contributed by atoms with Gasteiger partial charge in [-0.15, -0.1) is 11.8 Å². The third-order valence-electron chi connectivity index (χ3n) is 2.98. The molecule has 5 heteroatoms. The fraction of sp³-hybridized carbons (Fsp3) is 0.125. The number of ether oxygens (including phenoxy) is 1. The molecule has 0 unspecified atom stereocenters. The Bertz CT molecular complexity index is 749. The summed E-state index contributed by atoms with van der Waals surface area (Å²) in [5.74, 6) is 0.861. The van der Waals surface area contributed by atoms with Crippen molar-refractivity contribution in [3.05, 3.63) is 60.0 Å². The highest BCUT2D eigenvalue weighted by Crippen LogP contribution is 2.27. The Kier molecular flexibility index (Phi) is 3.92. The highest BCUT2D eigenvalue weighted by Gasteiger charge is 2.13. The molecule has 3 rings (SSSR count). The molecule has 2 aromatic carbocycles. The van der Waals surface area contributed by atoms with Crippen molar-refractivity contribution in [2.45, 2.75) is 10.6 Å². The number of para-hydroxylation sites is 2. The molecule has 4 nitrogen and oxygen atoms in total. The summed E-state index contributed by atoms with van der Waals surface area (Å²) in [6.45, 7) is 0. The molecule has 1 heterocycles. The molecule has 0 aliphatic carbocycles. The number of nitrogens with zero attached hydrogens (tertiary/aromatic N) is 1. The molecule has 0 bridgehead atoms. The van der Waals surface area contributed by atoms with E-state index in [1.165, 1.54) is 18.9 Å². The lowest BCUT2D eigenvalue weighted by Crippen LogP contribution is -2.02. The lowest BCUT2D eigenvalue weighted by Gasteiger charge is -2.05. The Morgan fingerprint density at radius 1 is 1.19 bits per heavy atom. The molecule has 106 valence electrons. The van der Waals surface area contributed by atoms with Crippen LogP contribution in [-0.2, 0) is 10.5 Å². The first-order chi connectivity index (χ1) is 10.3. The van der Waals surface area contributed by atoms with Crippen LogP contribution in [0.1, 0.15) is 16.2 Å². The highest BCUT2D eigenvalue weighted by atomic mass is 32.2. The van der Waals surface area contributed by atoms with Crippen LogP contribution in [0.5, 0.6) is 0 Å². The summed E-state index contributed by atoms with van der Waals surface area (Å²) in [4.78, 5) is 17.0. The van der Waals surface area contributed by atoms with Crippen LogP contribution in [0.3, 0.4) is 0 Å². The number of methoxy groups -OCH3 is 1. The summed E-state index contributed by atoms with van der Waals surface area (Å²) in [5, 5.41) is 0. The van der Waals surface area contributed by atoms with Gasteiger partial charge in [-0.1, -0.05) is 24.3 Å². The number of hydrogen-bond donors (Lipinski definition) is 0. The molecule has 0 saturated carbocycles. The topological polar surface area (TPSA) is 52.3 Å². The van der Waals surface area contributed by atoms with E-state index in [0.29, 0.717) is 17.2 Å². The van der Waals surface area contributed by atoms with Gasteiger partial charge in [0.25, 0.3) is 0 Å². The van der Waals surface area contributed by atoms with E-state index >= 15 is 0 Å². The first-order valence-corrected chi connectivity index (χ1v) is 7.41. The number of carbonyl (C=O) groups is 1. The van der Waals surface area contributed by atoms with Crippen LogP contribution >= 0.6 is 11.8 Å². The van der Waals surface area contributed by atoms with Crippen molar-refractivity contribution in [3.63, 3.8) is 0 Å². The predicted molar refractivity (Wildman–Crippen MR) is 81.4 cm³/mol. The van der Waals surface area contributed by atoms with Gasteiger partial charge in [-0.2, -0.15) is 0 Å². The van der Waals surface area contributed by atoms with Crippen LogP contribution in [0.15, 0.2) is 57.8 Å². The van der Waals surface area contributed by atoms with Crippen LogP contribution < -0.4 is 0 Å². The average molecular weight is 299 g/mol. The first kappa shape index (κ1) is 13.7. The van der Waals surface area contributed by atoms with Gasteiger partial charge in [0.1, 0.15) is 5.52 Å². The molecule has 0 atom stereocenters. The van der Waals surface area contributed by atoms with Crippen molar-refractivity contribution in [2.24, 2.45) is 0 Å². The van der Waals surface area contributed by atoms with Crippen molar-refractivity contribution >= 4 is 28.8 Å². The van der Waals surface area contributed by atoms with E-state index in [0.717, 1.165) is 16.0 Å². The normalized spacial score (nSPS) is 10.7. The Hall–Kier alpha value is -2.27. The largest absolute Gasteiger partial charge is 0.465 e. The van der Waals surface area contributed by atoms with Gasteiger partial charge in [0.2, 0.25) is 5.89 Å². The maximum Gasteiger partial charge on any atom is 0.338 e. The second kappa shape index (κ2) is 6.01. The van der Waals surface area contributed by atoms with Crippen molar-refractivity contribution in [2.75, 3.05) is 7.11 Å². The van der Waals surface area contributed by atoms with Crippen molar-refractivity contribution in [3.8, 4) is 0 Å². The van der Waals surface area contributed by atoms with Gasteiger partial charge in [0, 0.05) is 4.90 Å². The maximum atomic E-state index is 11.7. The third-order valence-corrected chi connectivity index (χ3v) is 4.04. The van der Waals surface area contributed by atoms with Crippen molar-refractivity contribution in [1.82, 2.24) is 4.98 Å². The molecule has 0 aliphatic heterocycles. The zero-order valence-electron chi connectivity index (χ0n) is 11.4. The molecule has 0 fully saturated rings. The zero-order valence-corrected chi connectivity index (χ0v) is 12.2. The quantitative estimate of drug-likeness (QED) is 0.540. The van der Waals surface area contributed by atoms with Gasteiger partial charge in [-0.05, 0) is 24.3 Å². The Balaban J connectivity index is 1.80. The SMILES string of the molecule is COC(=O)c1ccccc1SCc1nc2ccccc2o1. The fourth-order valence-electron chi connectivity index (χ4n) is 1.99. The summed E-state index contributed by atoms with van der Waals surface area (Å²) in [5.41, 5.74) is 2.17. The van der Waals surface area contributed by atoms with E-state index in [-0.39, 0.29) is 5.97 Å². The van der Waals surface area contributed by atoms with Gasteiger partial charge >= 0.3 is 5.97 Å². The second-order valence-electron chi connectivity index (χ2n) is 4.35. The highest BCUT2D eigenvalue weighted by molar-refractivity contribution is 7.98. The molecule has 3 aromatic rings. The maximum absolute atomic E-state index is 11.7. The number of rotatable bonds is 4. The van der Waals surface area contributed by atoms with Crippen LogP contribution in [0, 0.1) is 0 Å². The van der Waals surface area contributed by atoms with E-state index < -0.39 is 0 Å². The number of thioether (sulfide) groups is 1. The van der Waals surface area contributed by atoms with Gasteiger partial charge in [-0.3, -0.25) is 0 Å². The monoisotopic (exact) mass is 299 g/mol. The number of benzene rings is 2. The standard InChI is InChI=1S/C16H13NO3S/c1-19-16(18)11-6-2-5-9-14(11)21-10-15-17-12-7-3-4-8-13(12)20-15/h2-9H,10H2,1H3. The Labute approximate surface area is 126 Å². The Morgan fingerprint density at radius 3 is 2.76 bits per heavy atom. The minimum Gasteiger partial charge on any atom is -0.465 e. The van der Waals surface area contributed by atoms with Gasteiger partial charge in [-0.25, -0.2) is 9.78 Å². The molecular formula is C16H13NO3S. The van der Waals surface area contributed by atoms with Crippen LogP contribution in [0.2, 0.25) is 0 Å². The van der Waals surface area contributed by atoms with E-state index in [4.69, 9.17) is 9.15 Å². The molecule has 0 saturated heterocycles. The number of carbonyl (C=O) groups excluding carboxylic acids is 1. The molecule has 0 aliphatic rings. The fourth-order valence-corrected chi connectivity index (χ4v) is 2.88. The van der Waals surface area contributed by atoms with Gasteiger partial charge in [0.05, 0.1) is 18.4 Å². The zero-order chi connectivity index (χ0) is 14.7. The molecular weight excluding hydrogens is 286 g/mol.